The number of hydrogen-bond acceptors (Lipinski definition) is 6. The monoisotopic (exact) mass is 412 g/mol. The molecule has 1 fully saturated rings. The van der Waals surface area contributed by atoms with E-state index in [0.29, 0.717) is 5.57 Å². The van der Waals surface area contributed by atoms with E-state index in [2.05, 4.69) is 22.9 Å². The maximum Gasteiger partial charge on any atom is 0.337 e. The van der Waals surface area contributed by atoms with Gasteiger partial charge in [0.15, 0.2) is 11.5 Å². The van der Waals surface area contributed by atoms with Crippen LogP contribution in [-0.4, -0.2) is 56.4 Å². The van der Waals surface area contributed by atoms with Crippen molar-refractivity contribution in [3.05, 3.63) is 35.2 Å². The number of fused-ring (bicyclic) bond motifs is 6. The molecule has 4 heterocycles. The second-order valence-corrected chi connectivity index (χ2v) is 8.44. The summed E-state index contributed by atoms with van der Waals surface area (Å²) in [5.41, 5.74) is 4.31. The molecule has 3 aliphatic rings. The van der Waals surface area contributed by atoms with Gasteiger partial charge in [-0.25, -0.2) is 4.79 Å². The number of rotatable bonds is 3. The SMILES string of the molecule is COC(=O)C1=CO[C@H](C)[C@H]2CN3CCc4c([nH]c5cc(OC)c(OC)cc45)[C@@H]3C[C@@H]12. The summed E-state index contributed by atoms with van der Waals surface area (Å²) >= 11 is 0. The summed E-state index contributed by atoms with van der Waals surface area (Å²) in [5, 5.41) is 1.19. The Morgan fingerprint density at radius 1 is 1.20 bits per heavy atom. The Hall–Kier alpha value is -2.67. The van der Waals surface area contributed by atoms with Crippen molar-refractivity contribution in [1.82, 2.24) is 9.88 Å². The molecule has 0 spiro atoms. The Bertz CT molecular complexity index is 1030. The molecule has 0 bridgehead atoms. The van der Waals surface area contributed by atoms with Gasteiger partial charge in [-0.3, -0.25) is 4.90 Å². The number of aromatic nitrogens is 1. The van der Waals surface area contributed by atoms with Crippen LogP contribution in [0.15, 0.2) is 24.0 Å². The van der Waals surface area contributed by atoms with Crippen molar-refractivity contribution in [2.75, 3.05) is 34.4 Å². The van der Waals surface area contributed by atoms with Crippen molar-refractivity contribution in [3.8, 4) is 11.5 Å². The molecule has 1 N–H and O–H groups in total. The minimum Gasteiger partial charge on any atom is -0.497 e. The van der Waals surface area contributed by atoms with Gasteiger partial charge in [-0.2, -0.15) is 0 Å². The van der Waals surface area contributed by atoms with E-state index >= 15 is 0 Å². The van der Waals surface area contributed by atoms with Crippen molar-refractivity contribution < 1.29 is 23.7 Å². The van der Waals surface area contributed by atoms with Gasteiger partial charge in [0.2, 0.25) is 0 Å². The largest absolute Gasteiger partial charge is 0.497 e. The quantitative estimate of drug-likeness (QED) is 0.781. The van der Waals surface area contributed by atoms with Gasteiger partial charge in [0.05, 0.1) is 45.3 Å². The Morgan fingerprint density at radius 3 is 2.70 bits per heavy atom. The van der Waals surface area contributed by atoms with E-state index in [-0.39, 0.29) is 30.0 Å². The number of benzene rings is 1. The van der Waals surface area contributed by atoms with Gasteiger partial charge in [-0.1, -0.05) is 0 Å². The highest BCUT2D eigenvalue weighted by Crippen LogP contribution is 2.48. The van der Waals surface area contributed by atoms with Crippen LogP contribution in [0.2, 0.25) is 0 Å². The molecule has 1 saturated heterocycles. The fourth-order valence-corrected chi connectivity index (χ4v) is 5.56. The number of carbonyl (C=O) groups is 1. The second kappa shape index (κ2) is 7.23. The molecule has 5 rings (SSSR count). The predicted molar refractivity (Wildman–Crippen MR) is 112 cm³/mol. The summed E-state index contributed by atoms with van der Waals surface area (Å²) in [6.45, 7) is 4.00. The molecule has 4 atom stereocenters. The number of esters is 1. The van der Waals surface area contributed by atoms with Crippen LogP contribution in [0.3, 0.4) is 0 Å². The summed E-state index contributed by atoms with van der Waals surface area (Å²) in [4.78, 5) is 18.6. The standard InChI is InChI=1S/C23H28N2O5/c1-12-16-10-25-6-5-13-15-8-20(27-2)21(28-3)9-18(15)24-22(13)19(25)7-14(16)17(11-30-12)23(26)29-4/h8-9,11-12,14,16,19,24H,5-7,10H2,1-4H3/t12-,14-,16-,19+/m1/s1. The maximum absolute atomic E-state index is 12.4. The Kier molecular flexibility index (Phi) is 4.65. The van der Waals surface area contributed by atoms with Crippen LogP contribution >= 0.6 is 0 Å². The van der Waals surface area contributed by atoms with Crippen molar-refractivity contribution in [2.24, 2.45) is 11.8 Å². The van der Waals surface area contributed by atoms with Crippen LogP contribution in [0.25, 0.3) is 10.9 Å². The molecule has 0 radical (unpaired) electrons. The van der Waals surface area contributed by atoms with Crippen molar-refractivity contribution in [3.63, 3.8) is 0 Å². The van der Waals surface area contributed by atoms with Crippen molar-refractivity contribution >= 4 is 16.9 Å². The molecule has 2 aromatic rings. The predicted octanol–water partition coefficient (Wildman–Crippen LogP) is 3.20. The molecule has 7 nitrogen and oxygen atoms in total. The number of piperidine rings is 1. The third kappa shape index (κ3) is 2.79. The topological polar surface area (TPSA) is 73.0 Å². The second-order valence-electron chi connectivity index (χ2n) is 8.44. The summed E-state index contributed by atoms with van der Waals surface area (Å²) in [5.74, 6) is 1.59. The average molecular weight is 412 g/mol. The van der Waals surface area contributed by atoms with E-state index in [0.717, 1.165) is 42.9 Å². The van der Waals surface area contributed by atoms with Gasteiger partial charge in [0, 0.05) is 47.6 Å². The number of H-pyrrole nitrogens is 1. The smallest absolute Gasteiger partial charge is 0.337 e. The summed E-state index contributed by atoms with van der Waals surface area (Å²) in [6.07, 6.45) is 3.56. The van der Waals surface area contributed by atoms with Gasteiger partial charge in [-0.15, -0.1) is 0 Å². The molecular weight excluding hydrogens is 384 g/mol. The zero-order chi connectivity index (χ0) is 21.0. The van der Waals surface area contributed by atoms with Gasteiger partial charge >= 0.3 is 5.97 Å². The molecule has 0 unspecified atom stereocenters. The number of aromatic amines is 1. The highest BCUT2D eigenvalue weighted by molar-refractivity contribution is 5.89. The van der Waals surface area contributed by atoms with Crippen LogP contribution in [-0.2, 0) is 20.7 Å². The van der Waals surface area contributed by atoms with Crippen LogP contribution in [0.4, 0.5) is 0 Å². The molecular formula is C23H28N2O5. The van der Waals surface area contributed by atoms with E-state index in [1.54, 1.807) is 20.5 Å². The first kappa shape index (κ1) is 19.3. The number of ether oxygens (including phenoxy) is 4. The molecule has 0 amide bonds. The molecule has 1 aromatic heterocycles. The van der Waals surface area contributed by atoms with E-state index in [4.69, 9.17) is 18.9 Å². The number of hydrogen-bond donors (Lipinski definition) is 1. The highest BCUT2D eigenvalue weighted by Gasteiger charge is 2.47. The Balaban J connectivity index is 1.56. The molecule has 0 saturated carbocycles. The third-order valence-electron chi connectivity index (χ3n) is 7.14. The molecule has 30 heavy (non-hydrogen) atoms. The Morgan fingerprint density at radius 2 is 1.97 bits per heavy atom. The number of nitrogens with one attached hydrogen (secondary N) is 1. The van der Waals surface area contributed by atoms with Gasteiger partial charge < -0.3 is 23.9 Å². The normalized spacial score (nSPS) is 27.9. The number of methoxy groups -OCH3 is 3. The lowest BCUT2D eigenvalue weighted by Crippen LogP contribution is -2.51. The van der Waals surface area contributed by atoms with E-state index in [9.17, 15) is 4.79 Å². The van der Waals surface area contributed by atoms with Crippen LogP contribution in [0, 0.1) is 11.8 Å². The summed E-state index contributed by atoms with van der Waals surface area (Å²) in [7, 11) is 4.75. The lowest BCUT2D eigenvalue weighted by molar-refractivity contribution is -0.139. The minimum absolute atomic E-state index is 0.0852. The summed E-state index contributed by atoms with van der Waals surface area (Å²) < 4.78 is 21.9. The van der Waals surface area contributed by atoms with Gasteiger partial charge in [0.25, 0.3) is 0 Å². The molecule has 3 aliphatic heterocycles. The van der Waals surface area contributed by atoms with Gasteiger partial charge in [0.1, 0.15) is 0 Å². The van der Waals surface area contributed by atoms with Crippen molar-refractivity contribution in [2.45, 2.75) is 31.9 Å². The van der Waals surface area contributed by atoms with E-state index < -0.39 is 0 Å². The fraction of sp³-hybridized carbons (Fsp3) is 0.522. The van der Waals surface area contributed by atoms with Crippen LogP contribution in [0.1, 0.15) is 30.6 Å². The van der Waals surface area contributed by atoms with Crippen LogP contribution in [0.5, 0.6) is 11.5 Å². The van der Waals surface area contributed by atoms with Crippen LogP contribution < -0.4 is 9.47 Å². The average Bonchev–Trinajstić information content (AvgIpc) is 3.14. The van der Waals surface area contributed by atoms with E-state index in [1.165, 1.54) is 23.8 Å². The molecule has 0 aliphatic carbocycles. The first-order chi connectivity index (χ1) is 14.5. The fourth-order valence-electron chi connectivity index (χ4n) is 5.56. The maximum atomic E-state index is 12.4. The lowest BCUT2D eigenvalue weighted by Gasteiger charge is -2.49. The summed E-state index contributed by atoms with van der Waals surface area (Å²) in [6, 6.07) is 4.32. The Labute approximate surface area is 175 Å². The van der Waals surface area contributed by atoms with Crippen molar-refractivity contribution in [1.29, 1.82) is 0 Å². The number of carbonyl (C=O) groups excluding carboxylic acids is 1. The third-order valence-corrected chi connectivity index (χ3v) is 7.14. The zero-order valence-electron chi connectivity index (χ0n) is 17.9. The first-order valence-corrected chi connectivity index (χ1v) is 10.5. The molecule has 7 heteroatoms. The first-order valence-electron chi connectivity index (χ1n) is 10.5. The molecule has 1 aromatic carbocycles. The minimum atomic E-state index is -0.285. The zero-order valence-corrected chi connectivity index (χ0v) is 17.9. The lowest BCUT2D eigenvalue weighted by atomic mass is 9.72. The van der Waals surface area contributed by atoms with Gasteiger partial charge in [-0.05, 0) is 31.4 Å². The molecule has 160 valence electrons. The number of nitrogens with zero attached hydrogens (tertiary/aromatic N) is 1. The van der Waals surface area contributed by atoms with E-state index in [1.807, 2.05) is 6.07 Å². The highest BCUT2D eigenvalue weighted by atomic mass is 16.5.